The van der Waals surface area contributed by atoms with Crippen molar-refractivity contribution in [2.24, 2.45) is 0 Å². The zero-order chi connectivity index (χ0) is 12.4. The van der Waals surface area contributed by atoms with Crippen LogP contribution in [0.1, 0.15) is 0 Å². The number of nitrogens with two attached hydrogens (primary N) is 1. The van der Waals surface area contributed by atoms with Crippen LogP contribution >= 0.6 is 0 Å². The van der Waals surface area contributed by atoms with E-state index in [4.69, 9.17) is 5.73 Å². The van der Waals surface area contributed by atoms with E-state index in [1.807, 2.05) is 30.3 Å². The normalized spacial score (nSPS) is 10.4. The van der Waals surface area contributed by atoms with E-state index >= 15 is 0 Å². The van der Waals surface area contributed by atoms with Crippen molar-refractivity contribution < 1.29 is 0 Å². The van der Waals surface area contributed by atoms with E-state index in [0.717, 1.165) is 5.69 Å². The number of pyridine rings is 1. The Labute approximate surface area is 103 Å². The molecule has 0 saturated carbocycles. The van der Waals surface area contributed by atoms with E-state index < -0.39 is 0 Å². The van der Waals surface area contributed by atoms with Crippen molar-refractivity contribution in [2.75, 3.05) is 5.73 Å². The van der Waals surface area contributed by atoms with E-state index in [1.165, 1.54) is 4.80 Å². The summed E-state index contributed by atoms with van der Waals surface area (Å²) in [6, 6.07) is 12.8. The molecule has 2 N–H and O–H groups in total. The van der Waals surface area contributed by atoms with Gasteiger partial charge in [-0.05, 0) is 35.5 Å². The Hall–Kier alpha value is -2.76. The second-order valence-corrected chi connectivity index (χ2v) is 3.71. The molecule has 0 aliphatic carbocycles. The molecule has 2 heterocycles. The molecule has 0 aliphatic rings. The van der Waals surface area contributed by atoms with Crippen molar-refractivity contribution in [2.45, 2.75) is 0 Å². The van der Waals surface area contributed by atoms with Gasteiger partial charge in [0.1, 0.15) is 5.69 Å². The van der Waals surface area contributed by atoms with Crippen molar-refractivity contribution in [1.29, 1.82) is 0 Å². The number of hydrogen-bond donors (Lipinski definition) is 1. The zero-order valence-electron chi connectivity index (χ0n) is 9.43. The second kappa shape index (κ2) is 4.25. The number of aromatic nitrogens is 5. The van der Waals surface area contributed by atoms with Gasteiger partial charge in [-0.25, -0.2) is 0 Å². The molecule has 2 aromatic heterocycles. The first-order valence-electron chi connectivity index (χ1n) is 5.40. The molecule has 6 nitrogen and oxygen atoms in total. The number of rotatable bonds is 2. The number of benzene rings is 1. The van der Waals surface area contributed by atoms with Crippen LogP contribution in [0.3, 0.4) is 0 Å². The first-order chi connectivity index (χ1) is 8.83. The Morgan fingerprint density at radius 3 is 2.78 bits per heavy atom. The van der Waals surface area contributed by atoms with Crippen LogP contribution in [-0.4, -0.2) is 25.2 Å². The molecule has 1 aromatic carbocycles. The quantitative estimate of drug-likeness (QED) is 0.680. The summed E-state index contributed by atoms with van der Waals surface area (Å²) in [5.41, 5.74) is 7.82. The summed E-state index contributed by atoms with van der Waals surface area (Å²) >= 11 is 0. The van der Waals surface area contributed by atoms with Crippen LogP contribution in [0.25, 0.3) is 17.2 Å². The van der Waals surface area contributed by atoms with Crippen molar-refractivity contribution >= 4 is 5.69 Å². The molecule has 0 unspecified atom stereocenters. The smallest absolute Gasteiger partial charge is 0.223 e. The summed E-state index contributed by atoms with van der Waals surface area (Å²) in [6.07, 6.45) is 1.69. The van der Waals surface area contributed by atoms with Crippen LogP contribution in [0.2, 0.25) is 0 Å². The van der Waals surface area contributed by atoms with Gasteiger partial charge in [-0.3, -0.25) is 4.98 Å². The van der Waals surface area contributed by atoms with Gasteiger partial charge in [0, 0.05) is 11.9 Å². The average Bonchev–Trinajstić information content (AvgIpc) is 2.89. The molecule has 0 radical (unpaired) electrons. The van der Waals surface area contributed by atoms with E-state index in [1.54, 1.807) is 18.3 Å². The fourth-order valence-electron chi connectivity index (χ4n) is 1.57. The van der Waals surface area contributed by atoms with Gasteiger partial charge in [-0.15, -0.1) is 15.0 Å². The maximum Gasteiger partial charge on any atom is 0.223 e. The second-order valence-electron chi connectivity index (χ2n) is 3.71. The van der Waals surface area contributed by atoms with Crippen LogP contribution in [0.4, 0.5) is 5.69 Å². The van der Waals surface area contributed by atoms with E-state index in [-0.39, 0.29) is 0 Å². The Morgan fingerprint density at radius 2 is 2.00 bits per heavy atom. The van der Waals surface area contributed by atoms with Gasteiger partial charge >= 0.3 is 0 Å². The lowest BCUT2D eigenvalue weighted by Gasteiger charge is -1.98. The molecule has 88 valence electrons. The van der Waals surface area contributed by atoms with Crippen LogP contribution < -0.4 is 5.73 Å². The van der Waals surface area contributed by atoms with Crippen molar-refractivity contribution in [3.05, 3.63) is 48.7 Å². The van der Waals surface area contributed by atoms with Gasteiger partial charge in [0.2, 0.25) is 5.82 Å². The summed E-state index contributed by atoms with van der Waals surface area (Å²) in [7, 11) is 0. The summed E-state index contributed by atoms with van der Waals surface area (Å²) in [5, 5.41) is 12.2. The summed E-state index contributed by atoms with van der Waals surface area (Å²) < 4.78 is 0. The molecular weight excluding hydrogens is 228 g/mol. The highest BCUT2D eigenvalue weighted by molar-refractivity contribution is 5.49. The van der Waals surface area contributed by atoms with Gasteiger partial charge in [0.05, 0.1) is 5.69 Å². The molecule has 3 aromatic rings. The minimum Gasteiger partial charge on any atom is -0.399 e. The first kappa shape index (κ1) is 10.4. The Kier molecular flexibility index (Phi) is 2.45. The Bertz CT molecular complexity index is 661. The fourth-order valence-corrected chi connectivity index (χ4v) is 1.57. The predicted octanol–water partition coefficient (Wildman–Crippen LogP) is 1.31. The molecule has 0 aliphatic heterocycles. The SMILES string of the molecule is Nc1cccc(-n2nnc(-c3ccccn3)n2)c1. The molecule has 3 rings (SSSR count). The Morgan fingerprint density at radius 1 is 1.06 bits per heavy atom. The zero-order valence-corrected chi connectivity index (χ0v) is 9.43. The minimum absolute atomic E-state index is 0.484. The molecule has 0 fully saturated rings. The average molecular weight is 238 g/mol. The molecule has 0 atom stereocenters. The van der Waals surface area contributed by atoms with Crippen molar-refractivity contribution in [3.8, 4) is 17.2 Å². The third kappa shape index (κ3) is 1.91. The highest BCUT2D eigenvalue weighted by Crippen LogP contribution is 2.13. The molecule has 0 bridgehead atoms. The Balaban J connectivity index is 2.00. The van der Waals surface area contributed by atoms with Gasteiger partial charge < -0.3 is 5.73 Å². The van der Waals surface area contributed by atoms with E-state index in [9.17, 15) is 0 Å². The molecular formula is C12H10N6. The number of hydrogen-bond acceptors (Lipinski definition) is 5. The fraction of sp³-hybridized carbons (Fsp3) is 0. The number of tetrazole rings is 1. The molecule has 0 spiro atoms. The number of nitrogens with zero attached hydrogens (tertiary/aromatic N) is 5. The van der Waals surface area contributed by atoms with Gasteiger partial charge in [-0.1, -0.05) is 12.1 Å². The van der Waals surface area contributed by atoms with Crippen LogP contribution in [0.5, 0.6) is 0 Å². The standard InChI is InChI=1S/C12H10N6/c13-9-4-3-5-10(8-9)18-16-12(15-17-18)11-6-1-2-7-14-11/h1-8H,13H2. The lowest BCUT2D eigenvalue weighted by molar-refractivity contribution is 0.720. The molecule has 18 heavy (non-hydrogen) atoms. The maximum absolute atomic E-state index is 5.71. The molecule has 6 heteroatoms. The van der Waals surface area contributed by atoms with Gasteiger partial charge in [-0.2, -0.15) is 0 Å². The highest BCUT2D eigenvalue weighted by Gasteiger charge is 2.07. The van der Waals surface area contributed by atoms with Crippen LogP contribution in [0.15, 0.2) is 48.7 Å². The number of anilines is 1. The predicted molar refractivity (Wildman–Crippen MR) is 66.8 cm³/mol. The topological polar surface area (TPSA) is 82.5 Å². The summed E-state index contributed by atoms with van der Waals surface area (Å²) in [5.74, 6) is 0.484. The van der Waals surface area contributed by atoms with Crippen molar-refractivity contribution in [1.82, 2.24) is 25.2 Å². The first-order valence-corrected chi connectivity index (χ1v) is 5.40. The summed E-state index contributed by atoms with van der Waals surface area (Å²) in [6.45, 7) is 0. The largest absolute Gasteiger partial charge is 0.399 e. The third-order valence-electron chi connectivity index (χ3n) is 2.41. The lowest BCUT2D eigenvalue weighted by Crippen LogP contribution is -1.99. The van der Waals surface area contributed by atoms with E-state index in [0.29, 0.717) is 17.2 Å². The third-order valence-corrected chi connectivity index (χ3v) is 2.41. The van der Waals surface area contributed by atoms with Crippen molar-refractivity contribution in [3.63, 3.8) is 0 Å². The minimum atomic E-state index is 0.484. The van der Waals surface area contributed by atoms with Crippen LogP contribution in [-0.2, 0) is 0 Å². The summed E-state index contributed by atoms with van der Waals surface area (Å²) in [4.78, 5) is 5.60. The number of nitrogen functional groups attached to an aromatic ring is 1. The molecule has 0 amide bonds. The van der Waals surface area contributed by atoms with Gasteiger partial charge in [0.15, 0.2) is 0 Å². The van der Waals surface area contributed by atoms with Crippen LogP contribution in [0, 0.1) is 0 Å². The van der Waals surface area contributed by atoms with Gasteiger partial charge in [0.25, 0.3) is 0 Å². The lowest BCUT2D eigenvalue weighted by atomic mass is 10.3. The monoisotopic (exact) mass is 238 g/mol. The molecule has 0 saturated heterocycles. The maximum atomic E-state index is 5.71. The van der Waals surface area contributed by atoms with E-state index in [2.05, 4.69) is 20.4 Å². The highest BCUT2D eigenvalue weighted by atomic mass is 15.6.